The van der Waals surface area contributed by atoms with E-state index < -0.39 is 5.41 Å². The van der Waals surface area contributed by atoms with Crippen molar-refractivity contribution in [3.05, 3.63) is 42.5 Å². The Kier molecular flexibility index (Phi) is 5.96. The summed E-state index contributed by atoms with van der Waals surface area (Å²) in [5.41, 5.74) is 0.213. The number of amides is 2. The van der Waals surface area contributed by atoms with E-state index in [1.807, 2.05) is 37.3 Å². The lowest BCUT2D eigenvalue weighted by Crippen LogP contribution is -2.43. The van der Waals surface area contributed by atoms with Crippen LogP contribution in [0.3, 0.4) is 0 Å². The molecule has 0 heterocycles. The molecule has 0 saturated heterocycles. The molecule has 0 aliphatic heterocycles. The van der Waals surface area contributed by atoms with Crippen LogP contribution in [-0.4, -0.2) is 39.7 Å². The van der Waals surface area contributed by atoms with Crippen LogP contribution < -0.4 is 24.4 Å². The number of para-hydroxylation sites is 1. The summed E-state index contributed by atoms with van der Waals surface area (Å²) in [6.45, 7) is 2.39. The molecule has 0 bridgehead atoms. The monoisotopic (exact) mass is 398 g/mol. The van der Waals surface area contributed by atoms with Crippen LogP contribution in [0.25, 0.3) is 0 Å². The maximum absolute atomic E-state index is 13.2. The lowest BCUT2D eigenvalue weighted by atomic mass is 10.0. The fraction of sp³-hybridized carbons (Fsp3) is 0.364. The van der Waals surface area contributed by atoms with Crippen molar-refractivity contribution >= 4 is 23.2 Å². The van der Waals surface area contributed by atoms with Gasteiger partial charge in [0.2, 0.25) is 17.6 Å². The van der Waals surface area contributed by atoms with Gasteiger partial charge in [-0.3, -0.25) is 9.59 Å². The van der Waals surface area contributed by atoms with E-state index in [0.717, 1.165) is 5.69 Å². The molecule has 1 fully saturated rings. The molecule has 3 rings (SSSR count). The number of benzene rings is 2. The first-order valence-electron chi connectivity index (χ1n) is 9.49. The summed E-state index contributed by atoms with van der Waals surface area (Å²) >= 11 is 0. The van der Waals surface area contributed by atoms with Crippen molar-refractivity contribution in [2.75, 3.05) is 38.1 Å². The van der Waals surface area contributed by atoms with Crippen LogP contribution in [0.4, 0.5) is 11.4 Å². The zero-order chi connectivity index (χ0) is 21.0. The van der Waals surface area contributed by atoms with Gasteiger partial charge >= 0.3 is 0 Å². The van der Waals surface area contributed by atoms with Gasteiger partial charge in [-0.25, -0.2) is 0 Å². The number of hydrogen-bond donors (Lipinski definition) is 1. The Bertz CT molecular complexity index is 868. The lowest BCUT2D eigenvalue weighted by Gasteiger charge is -2.26. The minimum absolute atomic E-state index is 0.184. The van der Waals surface area contributed by atoms with Crippen LogP contribution in [0.15, 0.2) is 42.5 Å². The standard InChI is InChI=1S/C22H26N2O5/c1-5-24(16-9-7-6-8-10-16)21(26)22(11-12-22)20(25)23-15-13-17(27-2)19(29-4)18(14-15)28-3/h6-10,13-14H,5,11-12H2,1-4H3,(H,23,25). The normalized spacial score (nSPS) is 13.9. The number of carbonyl (C=O) groups is 2. The Morgan fingerprint density at radius 3 is 2.03 bits per heavy atom. The molecule has 29 heavy (non-hydrogen) atoms. The third kappa shape index (κ3) is 3.85. The molecule has 0 aromatic heterocycles. The number of carbonyl (C=O) groups excluding carboxylic acids is 2. The molecule has 2 aromatic carbocycles. The van der Waals surface area contributed by atoms with Crippen molar-refractivity contribution in [1.29, 1.82) is 0 Å². The Balaban J connectivity index is 1.84. The highest BCUT2D eigenvalue weighted by molar-refractivity contribution is 6.17. The molecular formula is C22H26N2O5. The topological polar surface area (TPSA) is 77.1 Å². The summed E-state index contributed by atoms with van der Waals surface area (Å²) in [7, 11) is 4.53. The average molecular weight is 398 g/mol. The number of nitrogens with zero attached hydrogens (tertiary/aromatic N) is 1. The summed E-state index contributed by atoms with van der Waals surface area (Å²) < 4.78 is 16.0. The van der Waals surface area contributed by atoms with Gasteiger partial charge < -0.3 is 24.4 Å². The second-order valence-electron chi connectivity index (χ2n) is 6.84. The largest absolute Gasteiger partial charge is 0.493 e. The van der Waals surface area contributed by atoms with Gasteiger partial charge in [-0.1, -0.05) is 18.2 Å². The number of ether oxygens (including phenoxy) is 3. The number of hydrogen-bond acceptors (Lipinski definition) is 5. The maximum atomic E-state index is 13.2. The molecule has 0 radical (unpaired) electrons. The van der Waals surface area contributed by atoms with E-state index in [2.05, 4.69) is 5.32 Å². The van der Waals surface area contributed by atoms with Gasteiger partial charge in [-0.2, -0.15) is 0 Å². The number of rotatable bonds is 8. The van der Waals surface area contributed by atoms with E-state index in [0.29, 0.717) is 42.3 Å². The van der Waals surface area contributed by atoms with E-state index in [4.69, 9.17) is 14.2 Å². The second-order valence-corrected chi connectivity index (χ2v) is 6.84. The van der Waals surface area contributed by atoms with Crippen LogP contribution in [0.2, 0.25) is 0 Å². The predicted molar refractivity (Wildman–Crippen MR) is 111 cm³/mol. The van der Waals surface area contributed by atoms with E-state index in [1.165, 1.54) is 21.3 Å². The van der Waals surface area contributed by atoms with Gasteiger partial charge in [0.05, 0.1) is 21.3 Å². The summed E-state index contributed by atoms with van der Waals surface area (Å²) in [4.78, 5) is 28.0. The number of anilines is 2. The molecule has 1 aliphatic rings. The first-order chi connectivity index (χ1) is 14.0. The molecule has 1 aliphatic carbocycles. The van der Waals surface area contributed by atoms with Gasteiger partial charge in [-0.15, -0.1) is 0 Å². The molecular weight excluding hydrogens is 372 g/mol. The quantitative estimate of drug-likeness (QED) is 0.689. The highest BCUT2D eigenvalue weighted by Gasteiger charge is 2.58. The molecule has 7 nitrogen and oxygen atoms in total. The van der Waals surface area contributed by atoms with Gasteiger partial charge in [-0.05, 0) is 31.9 Å². The summed E-state index contributed by atoms with van der Waals surface area (Å²) in [6, 6.07) is 12.7. The Labute approximate surface area is 170 Å². The van der Waals surface area contributed by atoms with Crippen molar-refractivity contribution in [2.45, 2.75) is 19.8 Å². The highest BCUT2D eigenvalue weighted by Crippen LogP contribution is 2.49. The van der Waals surface area contributed by atoms with Crippen molar-refractivity contribution < 1.29 is 23.8 Å². The minimum Gasteiger partial charge on any atom is -0.493 e. The summed E-state index contributed by atoms with van der Waals surface area (Å²) in [5, 5.41) is 2.85. The van der Waals surface area contributed by atoms with Crippen molar-refractivity contribution in [1.82, 2.24) is 0 Å². The van der Waals surface area contributed by atoms with Gasteiger partial charge in [0.15, 0.2) is 11.5 Å². The van der Waals surface area contributed by atoms with Crippen LogP contribution in [0.5, 0.6) is 17.2 Å². The third-order valence-electron chi connectivity index (χ3n) is 5.15. The zero-order valence-electron chi connectivity index (χ0n) is 17.2. The van der Waals surface area contributed by atoms with Gasteiger partial charge in [0.25, 0.3) is 0 Å². The Morgan fingerprint density at radius 1 is 1.00 bits per heavy atom. The molecule has 154 valence electrons. The predicted octanol–water partition coefficient (Wildman–Crippen LogP) is 3.48. The molecule has 7 heteroatoms. The lowest BCUT2D eigenvalue weighted by molar-refractivity contribution is -0.132. The molecule has 0 spiro atoms. The first-order valence-corrected chi connectivity index (χ1v) is 9.49. The van der Waals surface area contributed by atoms with Gasteiger partial charge in [0, 0.05) is 30.1 Å². The van der Waals surface area contributed by atoms with Crippen molar-refractivity contribution in [3.8, 4) is 17.2 Å². The fourth-order valence-corrected chi connectivity index (χ4v) is 3.38. The smallest absolute Gasteiger partial charge is 0.242 e. The molecule has 0 unspecified atom stereocenters. The average Bonchev–Trinajstić information content (AvgIpc) is 3.56. The molecule has 2 aromatic rings. The Morgan fingerprint density at radius 2 is 1.59 bits per heavy atom. The molecule has 1 saturated carbocycles. The SMILES string of the molecule is CCN(C(=O)C1(C(=O)Nc2cc(OC)c(OC)c(OC)c2)CC1)c1ccccc1. The highest BCUT2D eigenvalue weighted by atomic mass is 16.5. The van der Waals surface area contributed by atoms with Crippen molar-refractivity contribution in [2.24, 2.45) is 5.41 Å². The van der Waals surface area contributed by atoms with Gasteiger partial charge in [0.1, 0.15) is 5.41 Å². The molecule has 0 atom stereocenters. The van der Waals surface area contributed by atoms with E-state index >= 15 is 0 Å². The Hall–Kier alpha value is -3.22. The van der Waals surface area contributed by atoms with Crippen molar-refractivity contribution in [3.63, 3.8) is 0 Å². The molecule has 2 amide bonds. The summed E-state index contributed by atoms with van der Waals surface area (Å²) in [5.74, 6) is 0.782. The van der Waals surface area contributed by atoms with E-state index in [1.54, 1.807) is 17.0 Å². The maximum Gasteiger partial charge on any atom is 0.242 e. The minimum atomic E-state index is -1.05. The van der Waals surface area contributed by atoms with E-state index in [9.17, 15) is 9.59 Å². The van der Waals surface area contributed by atoms with Crippen LogP contribution in [-0.2, 0) is 9.59 Å². The third-order valence-corrected chi connectivity index (χ3v) is 5.15. The number of nitrogens with one attached hydrogen (secondary N) is 1. The second kappa shape index (κ2) is 8.43. The number of methoxy groups -OCH3 is 3. The van der Waals surface area contributed by atoms with Crippen LogP contribution >= 0.6 is 0 Å². The zero-order valence-corrected chi connectivity index (χ0v) is 17.2. The van der Waals surface area contributed by atoms with E-state index in [-0.39, 0.29) is 11.8 Å². The fourth-order valence-electron chi connectivity index (χ4n) is 3.38. The molecule has 1 N–H and O–H groups in total. The van der Waals surface area contributed by atoms with Crippen LogP contribution in [0, 0.1) is 5.41 Å². The summed E-state index contributed by atoms with van der Waals surface area (Å²) in [6.07, 6.45) is 1.04. The first kappa shape index (κ1) is 20.5. The van der Waals surface area contributed by atoms with Crippen LogP contribution in [0.1, 0.15) is 19.8 Å².